The van der Waals surface area contributed by atoms with Gasteiger partial charge in [0, 0.05) is 26.0 Å². The van der Waals surface area contributed by atoms with Crippen molar-refractivity contribution in [3.05, 3.63) is 0 Å². The van der Waals surface area contributed by atoms with Crippen LogP contribution in [0.5, 0.6) is 0 Å². The first-order valence-electron chi connectivity index (χ1n) is 6.72. The summed E-state index contributed by atoms with van der Waals surface area (Å²) in [6.45, 7) is 3.30. The molecule has 104 valence electrons. The Kier molecular flexibility index (Phi) is 6.72. The van der Waals surface area contributed by atoms with Crippen LogP contribution < -0.4 is 5.32 Å². The Morgan fingerprint density at radius 2 is 2.06 bits per heavy atom. The van der Waals surface area contributed by atoms with Gasteiger partial charge in [-0.15, -0.1) is 0 Å². The van der Waals surface area contributed by atoms with E-state index in [1.165, 1.54) is 0 Å². The maximum absolute atomic E-state index is 11.5. The molecule has 1 aliphatic rings. The Hall–Kier alpha value is -1.10. The number of amides is 1. The third-order valence-corrected chi connectivity index (χ3v) is 3.21. The van der Waals surface area contributed by atoms with Crippen LogP contribution >= 0.6 is 0 Å². The summed E-state index contributed by atoms with van der Waals surface area (Å²) in [7, 11) is 0. The number of ether oxygens (including phenoxy) is 1. The number of unbranched alkanes of at least 4 members (excludes halogenated alkanes) is 1. The number of hydrogen-bond acceptors (Lipinski definition) is 3. The van der Waals surface area contributed by atoms with Crippen LogP contribution in [-0.2, 0) is 14.3 Å². The van der Waals surface area contributed by atoms with Crippen molar-refractivity contribution in [3.8, 4) is 0 Å². The van der Waals surface area contributed by atoms with Gasteiger partial charge in [-0.2, -0.15) is 0 Å². The lowest BCUT2D eigenvalue weighted by atomic mass is 9.80. The molecule has 0 aliphatic heterocycles. The van der Waals surface area contributed by atoms with Crippen molar-refractivity contribution in [2.75, 3.05) is 13.2 Å². The molecule has 0 aromatic rings. The van der Waals surface area contributed by atoms with E-state index in [9.17, 15) is 9.59 Å². The van der Waals surface area contributed by atoms with Gasteiger partial charge < -0.3 is 15.2 Å². The molecule has 0 aromatic heterocycles. The van der Waals surface area contributed by atoms with E-state index in [1.54, 1.807) is 0 Å². The number of carbonyl (C=O) groups is 2. The summed E-state index contributed by atoms with van der Waals surface area (Å²) in [6.07, 6.45) is 4.41. The molecule has 0 saturated heterocycles. The zero-order valence-electron chi connectivity index (χ0n) is 11.0. The summed E-state index contributed by atoms with van der Waals surface area (Å²) in [5.41, 5.74) is 0. The van der Waals surface area contributed by atoms with Crippen LogP contribution in [0.4, 0.5) is 0 Å². The molecule has 0 aromatic carbocycles. The zero-order valence-corrected chi connectivity index (χ0v) is 11.0. The molecule has 1 saturated carbocycles. The summed E-state index contributed by atoms with van der Waals surface area (Å²) in [6, 6.07) is 0. The third kappa shape index (κ3) is 6.00. The smallest absolute Gasteiger partial charge is 0.303 e. The minimum absolute atomic E-state index is 0.0743. The van der Waals surface area contributed by atoms with E-state index in [0.717, 1.165) is 25.9 Å². The lowest BCUT2D eigenvalue weighted by molar-refractivity contribution is -0.137. The zero-order chi connectivity index (χ0) is 13.4. The Balaban J connectivity index is 1.94. The van der Waals surface area contributed by atoms with Gasteiger partial charge >= 0.3 is 5.97 Å². The molecule has 18 heavy (non-hydrogen) atoms. The molecule has 0 radical (unpaired) electrons. The molecule has 0 atom stereocenters. The van der Waals surface area contributed by atoms with Gasteiger partial charge in [-0.25, -0.2) is 0 Å². The number of carboxylic acid groups (broad SMARTS) is 1. The number of aliphatic carboxylic acids is 1. The molecule has 2 N–H and O–H groups in total. The number of carbonyl (C=O) groups excluding carboxylic acids is 1. The molecule has 0 bridgehead atoms. The first-order chi connectivity index (χ1) is 8.61. The quantitative estimate of drug-likeness (QED) is 0.615. The molecule has 1 fully saturated rings. The molecule has 5 heteroatoms. The molecule has 5 nitrogen and oxygen atoms in total. The minimum Gasteiger partial charge on any atom is -0.481 e. The van der Waals surface area contributed by atoms with Crippen LogP contribution in [-0.4, -0.2) is 36.2 Å². The minimum atomic E-state index is -0.780. The third-order valence-electron chi connectivity index (χ3n) is 3.21. The van der Waals surface area contributed by atoms with Crippen LogP contribution in [0.15, 0.2) is 0 Å². The topological polar surface area (TPSA) is 75.6 Å². The van der Waals surface area contributed by atoms with Gasteiger partial charge in [-0.1, -0.05) is 0 Å². The summed E-state index contributed by atoms with van der Waals surface area (Å²) >= 11 is 0. The molecule has 1 rings (SSSR count). The van der Waals surface area contributed by atoms with Gasteiger partial charge in [0.25, 0.3) is 0 Å². The van der Waals surface area contributed by atoms with Gasteiger partial charge in [0.1, 0.15) is 0 Å². The number of rotatable bonds is 9. The van der Waals surface area contributed by atoms with E-state index in [4.69, 9.17) is 9.84 Å². The first kappa shape index (κ1) is 15.0. The fourth-order valence-electron chi connectivity index (χ4n) is 2.18. The average Bonchev–Trinajstić information content (AvgIpc) is 2.25. The first-order valence-corrected chi connectivity index (χ1v) is 6.72. The molecule has 0 spiro atoms. The fraction of sp³-hybridized carbons (Fsp3) is 0.846. The number of carboxylic acids is 1. The highest BCUT2D eigenvalue weighted by Crippen LogP contribution is 2.32. The summed E-state index contributed by atoms with van der Waals surface area (Å²) in [5, 5.41) is 11.3. The monoisotopic (exact) mass is 257 g/mol. The number of nitrogens with one attached hydrogen (secondary N) is 1. The van der Waals surface area contributed by atoms with Crippen molar-refractivity contribution in [2.24, 2.45) is 5.92 Å². The lowest BCUT2D eigenvalue weighted by Crippen LogP contribution is -2.36. The second-order valence-electron chi connectivity index (χ2n) is 4.82. The Bertz CT molecular complexity index is 274. The molecule has 1 aliphatic carbocycles. The van der Waals surface area contributed by atoms with E-state index >= 15 is 0 Å². The second-order valence-corrected chi connectivity index (χ2v) is 4.82. The highest BCUT2D eigenvalue weighted by Gasteiger charge is 2.30. The highest BCUT2D eigenvalue weighted by molar-refractivity contribution is 5.76. The summed E-state index contributed by atoms with van der Waals surface area (Å²) in [5.74, 6) is -0.247. The normalized spacial score (nSPS) is 22.3. The SMILES string of the molecule is CCOC1CC(CC(=O)NCCCCC(=O)O)C1. The van der Waals surface area contributed by atoms with Gasteiger partial charge in [0.15, 0.2) is 0 Å². The summed E-state index contributed by atoms with van der Waals surface area (Å²) in [4.78, 5) is 21.8. The lowest BCUT2D eigenvalue weighted by Gasteiger charge is -2.34. The van der Waals surface area contributed by atoms with Crippen molar-refractivity contribution in [1.82, 2.24) is 5.32 Å². The van der Waals surface area contributed by atoms with Crippen LogP contribution in [0.2, 0.25) is 0 Å². The van der Waals surface area contributed by atoms with Crippen molar-refractivity contribution < 1.29 is 19.4 Å². The standard InChI is InChI=1S/C13H23NO4/c1-2-18-11-7-10(8-11)9-12(15)14-6-4-3-5-13(16)17/h10-11H,2-9H2,1H3,(H,14,15)(H,16,17). The van der Waals surface area contributed by atoms with E-state index in [-0.39, 0.29) is 12.3 Å². The molecule has 0 heterocycles. The van der Waals surface area contributed by atoms with E-state index in [2.05, 4.69) is 5.32 Å². The highest BCUT2D eigenvalue weighted by atomic mass is 16.5. The number of hydrogen-bond donors (Lipinski definition) is 2. The maximum atomic E-state index is 11.5. The second kappa shape index (κ2) is 8.08. The largest absolute Gasteiger partial charge is 0.481 e. The Labute approximate surface area is 108 Å². The van der Waals surface area contributed by atoms with Crippen LogP contribution in [0, 0.1) is 5.92 Å². The Morgan fingerprint density at radius 3 is 2.67 bits per heavy atom. The molecular weight excluding hydrogens is 234 g/mol. The predicted molar refractivity (Wildman–Crippen MR) is 67.3 cm³/mol. The van der Waals surface area contributed by atoms with Gasteiger partial charge in [0.05, 0.1) is 6.10 Å². The Morgan fingerprint density at radius 1 is 1.33 bits per heavy atom. The van der Waals surface area contributed by atoms with Crippen LogP contribution in [0.3, 0.4) is 0 Å². The predicted octanol–water partition coefficient (Wildman–Crippen LogP) is 1.56. The van der Waals surface area contributed by atoms with E-state index in [0.29, 0.717) is 31.4 Å². The molecule has 1 amide bonds. The van der Waals surface area contributed by atoms with Crippen LogP contribution in [0.1, 0.15) is 45.4 Å². The van der Waals surface area contributed by atoms with Crippen molar-refractivity contribution in [2.45, 2.75) is 51.6 Å². The molecular formula is C13H23NO4. The van der Waals surface area contributed by atoms with Crippen LogP contribution in [0.25, 0.3) is 0 Å². The maximum Gasteiger partial charge on any atom is 0.303 e. The average molecular weight is 257 g/mol. The summed E-state index contributed by atoms with van der Waals surface area (Å²) < 4.78 is 5.44. The fourth-order valence-corrected chi connectivity index (χ4v) is 2.18. The van der Waals surface area contributed by atoms with Crippen molar-refractivity contribution >= 4 is 11.9 Å². The molecule has 0 unspecified atom stereocenters. The van der Waals surface area contributed by atoms with Gasteiger partial charge in [-0.3, -0.25) is 9.59 Å². The van der Waals surface area contributed by atoms with E-state index in [1.807, 2.05) is 6.92 Å². The van der Waals surface area contributed by atoms with Crippen molar-refractivity contribution in [1.29, 1.82) is 0 Å². The van der Waals surface area contributed by atoms with Gasteiger partial charge in [-0.05, 0) is 38.5 Å². The van der Waals surface area contributed by atoms with Crippen molar-refractivity contribution in [3.63, 3.8) is 0 Å². The van der Waals surface area contributed by atoms with Gasteiger partial charge in [0.2, 0.25) is 5.91 Å². The van der Waals surface area contributed by atoms with E-state index < -0.39 is 5.97 Å².